The summed E-state index contributed by atoms with van der Waals surface area (Å²) >= 11 is 7.74. The van der Waals surface area contributed by atoms with Crippen LogP contribution >= 0.6 is 23.4 Å². The van der Waals surface area contributed by atoms with Gasteiger partial charge in [0.25, 0.3) is 5.91 Å². The van der Waals surface area contributed by atoms with Crippen molar-refractivity contribution in [1.29, 1.82) is 0 Å². The molecule has 1 N–H and O–H groups in total. The second kappa shape index (κ2) is 12.7. The Bertz CT molecular complexity index is 1340. The van der Waals surface area contributed by atoms with Gasteiger partial charge >= 0.3 is 5.97 Å². The van der Waals surface area contributed by atoms with Gasteiger partial charge in [0.1, 0.15) is 6.04 Å². The summed E-state index contributed by atoms with van der Waals surface area (Å²) in [6, 6.07) is 14.5. The van der Waals surface area contributed by atoms with Crippen LogP contribution in [0, 0.1) is 17.8 Å². The molecule has 0 radical (unpaired) electrons. The number of hydrogen-bond acceptors (Lipinski definition) is 6. The molecule has 1 spiro atoms. The van der Waals surface area contributed by atoms with Crippen molar-refractivity contribution in [1.82, 2.24) is 4.90 Å². The van der Waals surface area contributed by atoms with Crippen molar-refractivity contribution in [3.05, 3.63) is 90.5 Å². The van der Waals surface area contributed by atoms with Crippen LogP contribution in [-0.4, -0.2) is 63.6 Å². The number of nitrogens with zero attached hydrogens (tertiary/aromatic N) is 2. The normalized spacial score (nSPS) is 28.3. The van der Waals surface area contributed by atoms with Crippen molar-refractivity contribution in [3.63, 3.8) is 0 Å². The number of ether oxygens (including phenoxy) is 1. The van der Waals surface area contributed by atoms with E-state index in [1.807, 2.05) is 30.3 Å². The molecule has 7 atom stereocenters. The molecule has 2 amide bonds. The Labute approximate surface area is 256 Å². The number of likely N-dealkylation sites (tertiary alicyclic amines) is 1. The summed E-state index contributed by atoms with van der Waals surface area (Å²) in [5.74, 6) is -2.40. The van der Waals surface area contributed by atoms with Gasteiger partial charge in [-0.2, -0.15) is 0 Å². The van der Waals surface area contributed by atoms with Gasteiger partial charge < -0.3 is 19.6 Å². The molecule has 2 aromatic carbocycles. The summed E-state index contributed by atoms with van der Waals surface area (Å²) in [4.78, 5) is 46.2. The minimum atomic E-state index is -0.924. The number of thioether (sulfide) groups is 1. The lowest BCUT2D eigenvalue weighted by Crippen LogP contribution is -2.58. The lowest BCUT2D eigenvalue weighted by molar-refractivity contribution is -0.155. The Kier molecular flexibility index (Phi) is 9.16. The Morgan fingerprint density at radius 2 is 1.90 bits per heavy atom. The molecule has 222 valence electrons. The van der Waals surface area contributed by atoms with Crippen molar-refractivity contribution < 1.29 is 24.2 Å². The molecule has 3 aliphatic rings. The fourth-order valence-corrected chi connectivity index (χ4v) is 9.61. The van der Waals surface area contributed by atoms with Crippen molar-refractivity contribution in [3.8, 4) is 0 Å². The maximum Gasteiger partial charge on any atom is 0.310 e. The molecular formula is C33H37ClN2O5S. The average molecular weight is 609 g/mol. The van der Waals surface area contributed by atoms with E-state index in [0.29, 0.717) is 23.6 Å². The van der Waals surface area contributed by atoms with Gasteiger partial charge in [-0.15, -0.1) is 24.9 Å². The topological polar surface area (TPSA) is 87.2 Å². The zero-order valence-corrected chi connectivity index (χ0v) is 25.3. The summed E-state index contributed by atoms with van der Waals surface area (Å²) in [6.45, 7) is 9.76. The van der Waals surface area contributed by atoms with E-state index in [1.165, 1.54) is 0 Å². The van der Waals surface area contributed by atoms with Crippen LogP contribution in [-0.2, 0) is 19.1 Å². The van der Waals surface area contributed by atoms with Crippen LogP contribution in [0.2, 0.25) is 5.02 Å². The number of esters is 1. The number of halogens is 1. The van der Waals surface area contributed by atoms with Gasteiger partial charge in [0.2, 0.25) is 5.91 Å². The molecule has 3 unspecified atom stereocenters. The van der Waals surface area contributed by atoms with Gasteiger partial charge in [0, 0.05) is 22.5 Å². The van der Waals surface area contributed by atoms with Gasteiger partial charge in [-0.3, -0.25) is 14.4 Å². The summed E-state index contributed by atoms with van der Waals surface area (Å²) < 4.78 is 4.83. The Morgan fingerprint density at radius 1 is 1.19 bits per heavy atom. The van der Waals surface area contributed by atoms with E-state index in [1.54, 1.807) is 58.0 Å². The summed E-state index contributed by atoms with van der Waals surface area (Å²) in [5, 5.41) is 11.1. The van der Waals surface area contributed by atoms with Gasteiger partial charge in [0.05, 0.1) is 35.8 Å². The van der Waals surface area contributed by atoms with Gasteiger partial charge in [-0.25, -0.2) is 0 Å². The van der Waals surface area contributed by atoms with E-state index >= 15 is 0 Å². The maximum atomic E-state index is 14.9. The number of hydrogen-bond donors (Lipinski definition) is 1. The minimum Gasteiger partial charge on any atom is -0.465 e. The first-order valence-electron chi connectivity index (χ1n) is 14.4. The third kappa shape index (κ3) is 5.07. The second-order valence-electron chi connectivity index (χ2n) is 11.2. The SMILES string of the molecule is C=CCCCOC(=O)[C@@H]1[C@@H]2CC(C)C3(S2)C(C(=O)N(CC=C)c2ccc(Cl)cc2)N([C@H](CO)c2ccccc2)C(=O)[C@H]13. The van der Waals surface area contributed by atoms with Crippen LogP contribution in [0.25, 0.3) is 0 Å². The quantitative estimate of drug-likeness (QED) is 0.196. The average Bonchev–Trinajstić information content (AvgIpc) is 3.59. The highest BCUT2D eigenvalue weighted by molar-refractivity contribution is 8.02. The second-order valence-corrected chi connectivity index (χ2v) is 13.2. The van der Waals surface area contributed by atoms with E-state index in [4.69, 9.17) is 16.3 Å². The number of carbonyl (C=O) groups is 3. The highest BCUT2D eigenvalue weighted by Gasteiger charge is 2.77. The highest BCUT2D eigenvalue weighted by Crippen LogP contribution is 2.69. The molecule has 0 aliphatic carbocycles. The Hall–Kier alpha value is -3.07. The van der Waals surface area contributed by atoms with E-state index in [9.17, 15) is 19.5 Å². The maximum absolute atomic E-state index is 14.9. The molecule has 9 heteroatoms. The molecule has 3 aliphatic heterocycles. The predicted octanol–water partition coefficient (Wildman–Crippen LogP) is 5.44. The number of carbonyl (C=O) groups excluding carboxylic acids is 3. The Morgan fingerprint density at radius 3 is 2.55 bits per heavy atom. The molecule has 3 fully saturated rings. The number of allylic oxidation sites excluding steroid dienone is 1. The number of aliphatic hydroxyl groups excluding tert-OH is 1. The summed E-state index contributed by atoms with van der Waals surface area (Å²) in [5.41, 5.74) is 1.35. The van der Waals surface area contributed by atoms with Crippen LogP contribution in [0.4, 0.5) is 5.69 Å². The van der Waals surface area contributed by atoms with Gasteiger partial charge in [-0.05, 0) is 55.0 Å². The number of anilines is 1. The number of aliphatic hydroxyl groups is 1. The molecule has 3 saturated heterocycles. The molecule has 0 aromatic heterocycles. The van der Waals surface area contributed by atoms with Crippen LogP contribution in [0.5, 0.6) is 0 Å². The first kappa shape index (κ1) is 30.4. The lowest BCUT2D eigenvalue weighted by atomic mass is 9.66. The number of rotatable bonds is 12. The van der Waals surface area contributed by atoms with E-state index < -0.39 is 34.6 Å². The Balaban J connectivity index is 1.61. The van der Waals surface area contributed by atoms with Gasteiger partial charge in [0.15, 0.2) is 0 Å². The van der Waals surface area contributed by atoms with Crippen molar-refractivity contribution in [2.45, 2.75) is 48.3 Å². The smallest absolute Gasteiger partial charge is 0.310 e. The number of fused-ring (bicyclic) bond motifs is 1. The molecule has 5 rings (SSSR count). The molecule has 42 heavy (non-hydrogen) atoms. The zero-order chi connectivity index (χ0) is 30.0. The van der Waals surface area contributed by atoms with E-state index in [0.717, 1.165) is 12.0 Å². The number of benzene rings is 2. The monoisotopic (exact) mass is 608 g/mol. The van der Waals surface area contributed by atoms with Crippen molar-refractivity contribution in [2.75, 3.05) is 24.7 Å². The molecule has 7 nitrogen and oxygen atoms in total. The fraction of sp³-hybridized carbons (Fsp3) is 0.424. The molecular weight excluding hydrogens is 572 g/mol. The standard InChI is InChI=1S/C33H37ClN2O5S/c1-4-6-10-18-41-32(40)27-26-19-21(3)33(42-26)28(27)30(38)36(25(20-37)22-11-8-7-9-12-22)29(33)31(39)35(17-5-2)24-15-13-23(34)14-16-24/h4-5,7-9,11-16,21,25-29,37H,1-2,6,10,17-20H2,3H3/t21?,25-,26+,27-,28+,29?,33?/m1/s1. The van der Waals surface area contributed by atoms with Crippen LogP contribution < -0.4 is 4.90 Å². The number of unbranched alkanes of at least 4 members (excludes halogenated alkanes) is 1. The minimum absolute atomic E-state index is 0.0314. The first-order chi connectivity index (χ1) is 20.3. The highest BCUT2D eigenvalue weighted by atomic mass is 35.5. The van der Waals surface area contributed by atoms with Gasteiger partial charge in [-0.1, -0.05) is 61.0 Å². The zero-order valence-electron chi connectivity index (χ0n) is 23.7. The van der Waals surface area contributed by atoms with E-state index in [2.05, 4.69) is 20.1 Å². The molecule has 2 bridgehead atoms. The van der Waals surface area contributed by atoms with Crippen LogP contribution in [0.15, 0.2) is 79.9 Å². The van der Waals surface area contributed by atoms with Crippen LogP contribution in [0.3, 0.4) is 0 Å². The van der Waals surface area contributed by atoms with Crippen molar-refractivity contribution in [2.24, 2.45) is 17.8 Å². The molecule has 3 heterocycles. The van der Waals surface area contributed by atoms with E-state index in [-0.39, 0.29) is 42.7 Å². The third-order valence-electron chi connectivity index (χ3n) is 8.90. The fourth-order valence-electron chi connectivity index (χ4n) is 7.09. The molecule has 2 aromatic rings. The lowest BCUT2D eigenvalue weighted by Gasteiger charge is -2.42. The molecule has 0 saturated carbocycles. The summed E-state index contributed by atoms with van der Waals surface area (Å²) in [6.07, 6.45) is 5.50. The van der Waals surface area contributed by atoms with Crippen molar-refractivity contribution >= 4 is 46.8 Å². The largest absolute Gasteiger partial charge is 0.465 e. The van der Waals surface area contributed by atoms with Crippen LogP contribution in [0.1, 0.15) is 37.8 Å². The first-order valence-corrected chi connectivity index (χ1v) is 15.7. The number of amides is 2. The third-order valence-corrected chi connectivity index (χ3v) is 11.2. The predicted molar refractivity (Wildman–Crippen MR) is 166 cm³/mol. The summed E-state index contributed by atoms with van der Waals surface area (Å²) in [7, 11) is 0.